The van der Waals surface area contributed by atoms with Crippen molar-refractivity contribution in [1.82, 2.24) is 10.6 Å². The first kappa shape index (κ1) is 16.4. The van der Waals surface area contributed by atoms with Gasteiger partial charge in [-0.3, -0.25) is 14.9 Å². The molecular formula is C14H24N2O5. The molecule has 2 saturated heterocycles. The highest BCUT2D eigenvalue weighted by Gasteiger charge is 2.33. The van der Waals surface area contributed by atoms with E-state index in [1.165, 1.54) is 0 Å². The van der Waals surface area contributed by atoms with Crippen LogP contribution in [0.4, 0.5) is 0 Å². The smallest absolute Gasteiger partial charge is 0.232 e. The normalized spacial score (nSPS) is 25.7. The molecule has 0 saturated carbocycles. The van der Waals surface area contributed by atoms with Crippen LogP contribution in [0.1, 0.15) is 25.7 Å². The van der Waals surface area contributed by atoms with Crippen molar-refractivity contribution in [1.29, 1.82) is 0 Å². The molecule has 2 amide bonds. The summed E-state index contributed by atoms with van der Waals surface area (Å²) in [4.78, 5) is 22.8. The summed E-state index contributed by atoms with van der Waals surface area (Å²) < 4.78 is 11.3. The molecule has 2 heterocycles. The second-order valence-corrected chi connectivity index (χ2v) is 5.47. The van der Waals surface area contributed by atoms with Gasteiger partial charge in [-0.05, 0) is 32.4 Å². The van der Waals surface area contributed by atoms with Gasteiger partial charge in [0.15, 0.2) is 0 Å². The minimum absolute atomic E-state index is 0.236. The number of aliphatic hydroxyl groups excluding tert-OH is 1. The van der Waals surface area contributed by atoms with Crippen LogP contribution in [0.15, 0.2) is 0 Å². The maximum Gasteiger partial charge on any atom is 0.232 e. The molecule has 2 rings (SSSR count). The molecule has 0 radical (unpaired) electrons. The molecular weight excluding hydrogens is 276 g/mol. The molecule has 21 heavy (non-hydrogen) atoms. The number of carbonyl (C=O) groups excluding carboxylic acids is 2. The number of hydrogen-bond donors (Lipinski definition) is 3. The number of rotatable bonds is 7. The molecule has 0 aromatic heterocycles. The Morgan fingerprint density at radius 1 is 1.19 bits per heavy atom. The summed E-state index contributed by atoms with van der Waals surface area (Å²) in [7, 11) is 0. The number of amides is 2. The van der Waals surface area contributed by atoms with E-state index in [2.05, 4.69) is 10.6 Å². The lowest BCUT2D eigenvalue weighted by molar-refractivity contribution is -0.143. The van der Waals surface area contributed by atoms with Crippen molar-refractivity contribution in [3.8, 4) is 0 Å². The molecule has 0 bridgehead atoms. The van der Waals surface area contributed by atoms with Gasteiger partial charge in [0, 0.05) is 6.42 Å². The van der Waals surface area contributed by atoms with Gasteiger partial charge in [-0.25, -0.2) is 0 Å². The van der Waals surface area contributed by atoms with Crippen LogP contribution >= 0.6 is 0 Å². The van der Waals surface area contributed by atoms with Gasteiger partial charge < -0.3 is 19.9 Å². The van der Waals surface area contributed by atoms with Crippen LogP contribution in [0.3, 0.4) is 0 Å². The summed E-state index contributed by atoms with van der Waals surface area (Å²) in [5, 5.41) is 14.9. The fraction of sp³-hybridized carbons (Fsp3) is 0.857. The predicted octanol–water partition coefficient (Wildman–Crippen LogP) is -0.815. The zero-order valence-electron chi connectivity index (χ0n) is 12.2. The van der Waals surface area contributed by atoms with Crippen molar-refractivity contribution in [3.63, 3.8) is 0 Å². The van der Waals surface area contributed by atoms with Crippen molar-refractivity contribution in [2.45, 2.75) is 37.9 Å². The average Bonchev–Trinajstić information content (AvgIpc) is 2.49. The highest BCUT2D eigenvalue weighted by molar-refractivity contribution is 5.98. The highest BCUT2D eigenvalue weighted by atomic mass is 16.5. The summed E-state index contributed by atoms with van der Waals surface area (Å²) in [6, 6.07) is 0. The third-order valence-electron chi connectivity index (χ3n) is 3.97. The van der Waals surface area contributed by atoms with Gasteiger partial charge in [0.05, 0.1) is 37.9 Å². The van der Waals surface area contributed by atoms with E-state index in [0.717, 1.165) is 25.9 Å². The third-order valence-corrected chi connectivity index (χ3v) is 3.97. The standard InChI is InChI=1S/C14H24N2O5/c17-9-12(11-1-2-13(18)16-14(11)19)21-8-7-20-10-3-5-15-6-4-10/h10-12,15,17H,1-9H2,(H,16,18,19). The largest absolute Gasteiger partial charge is 0.394 e. The third kappa shape index (κ3) is 5.03. The molecule has 0 aromatic carbocycles. The zero-order chi connectivity index (χ0) is 15.1. The van der Waals surface area contributed by atoms with Crippen LogP contribution < -0.4 is 10.6 Å². The molecule has 7 nitrogen and oxygen atoms in total. The molecule has 2 unspecified atom stereocenters. The van der Waals surface area contributed by atoms with Gasteiger partial charge in [0.25, 0.3) is 0 Å². The van der Waals surface area contributed by atoms with Crippen LogP contribution in [0.2, 0.25) is 0 Å². The molecule has 0 spiro atoms. The molecule has 0 aromatic rings. The van der Waals surface area contributed by atoms with Gasteiger partial charge >= 0.3 is 0 Å². The van der Waals surface area contributed by atoms with Crippen molar-refractivity contribution in [2.75, 3.05) is 32.9 Å². The lowest BCUT2D eigenvalue weighted by atomic mass is 9.93. The maximum atomic E-state index is 11.7. The van der Waals surface area contributed by atoms with E-state index in [1.54, 1.807) is 0 Å². The maximum absolute atomic E-state index is 11.7. The van der Waals surface area contributed by atoms with E-state index < -0.39 is 12.0 Å². The summed E-state index contributed by atoms with van der Waals surface area (Å²) in [5.74, 6) is -1.08. The Hall–Kier alpha value is -1.02. The Balaban J connectivity index is 1.67. The summed E-state index contributed by atoms with van der Waals surface area (Å²) in [6.07, 6.45) is 2.40. The molecule has 2 aliphatic rings. The lowest BCUT2D eigenvalue weighted by Gasteiger charge is -2.28. The number of carbonyl (C=O) groups is 2. The number of hydrogen-bond acceptors (Lipinski definition) is 6. The van der Waals surface area contributed by atoms with Gasteiger partial charge in [0.2, 0.25) is 11.8 Å². The molecule has 120 valence electrons. The average molecular weight is 300 g/mol. The lowest BCUT2D eigenvalue weighted by Crippen LogP contribution is -2.47. The fourth-order valence-electron chi connectivity index (χ4n) is 2.74. The molecule has 2 fully saturated rings. The van der Waals surface area contributed by atoms with Crippen molar-refractivity contribution in [2.24, 2.45) is 5.92 Å². The summed E-state index contributed by atoms with van der Waals surface area (Å²) in [5.41, 5.74) is 0. The number of ether oxygens (including phenoxy) is 2. The second-order valence-electron chi connectivity index (χ2n) is 5.47. The van der Waals surface area contributed by atoms with Crippen LogP contribution in [-0.4, -0.2) is 62.0 Å². The van der Waals surface area contributed by atoms with Crippen LogP contribution in [0, 0.1) is 5.92 Å². The minimum Gasteiger partial charge on any atom is -0.394 e. The van der Waals surface area contributed by atoms with Crippen molar-refractivity contribution in [3.05, 3.63) is 0 Å². The number of piperidine rings is 2. The van der Waals surface area contributed by atoms with Crippen LogP contribution in [0.5, 0.6) is 0 Å². The van der Waals surface area contributed by atoms with Crippen LogP contribution in [0.25, 0.3) is 0 Å². The van der Waals surface area contributed by atoms with Crippen molar-refractivity contribution < 1.29 is 24.2 Å². The molecule has 2 aliphatic heterocycles. The number of nitrogens with one attached hydrogen (secondary N) is 2. The molecule has 3 N–H and O–H groups in total. The summed E-state index contributed by atoms with van der Waals surface area (Å²) in [6.45, 7) is 2.50. The Bertz CT molecular complexity index is 357. The Kier molecular flexibility index (Phi) is 6.56. The van der Waals surface area contributed by atoms with E-state index in [4.69, 9.17) is 9.47 Å². The highest BCUT2D eigenvalue weighted by Crippen LogP contribution is 2.19. The first-order valence-electron chi connectivity index (χ1n) is 7.59. The first-order chi connectivity index (χ1) is 10.2. The Labute approximate surface area is 124 Å². The monoisotopic (exact) mass is 300 g/mol. The quantitative estimate of drug-likeness (QED) is 0.420. The number of aliphatic hydroxyl groups is 1. The van der Waals surface area contributed by atoms with Gasteiger partial charge in [0.1, 0.15) is 0 Å². The summed E-state index contributed by atoms with van der Waals surface area (Å²) >= 11 is 0. The van der Waals surface area contributed by atoms with Crippen LogP contribution in [-0.2, 0) is 19.1 Å². The Morgan fingerprint density at radius 3 is 2.62 bits per heavy atom. The first-order valence-corrected chi connectivity index (χ1v) is 7.59. The van der Waals surface area contributed by atoms with E-state index >= 15 is 0 Å². The fourth-order valence-corrected chi connectivity index (χ4v) is 2.74. The van der Waals surface area contributed by atoms with Crippen molar-refractivity contribution >= 4 is 11.8 Å². The van der Waals surface area contributed by atoms with E-state index in [0.29, 0.717) is 26.1 Å². The topological polar surface area (TPSA) is 96.9 Å². The van der Waals surface area contributed by atoms with Gasteiger partial charge in [-0.2, -0.15) is 0 Å². The predicted molar refractivity (Wildman–Crippen MR) is 74.5 cm³/mol. The number of imide groups is 1. The SMILES string of the molecule is O=C1CCC(C(CO)OCCOC2CCNCC2)C(=O)N1. The minimum atomic E-state index is -0.574. The van der Waals surface area contributed by atoms with Gasteiger partial charge in [-0.1, -0.05) is 0 Å². The second kappa shape index (κ2) is 8.43. The molecule has 7 heteroatoms. The van der Waals surface area contributed by atoms with Gasteiger partial charge in [-0.15, -0.1) is 0 Å². The van der Waals surface area contributed by atoms with E-state index in [9.17, 15) is 14.7 Å². The molecule has 0 aliphatic carbocycles. The van der Waals surface area contributed by atoms with E-state index in [-0.39, 0.29) is 24.5 Å². The zero-order valence-corrected chi connectivity index (χ0v) is 12.2. The van der Waals surface area contributed by atoms with E-state index in [1.807, 2.05) is 0 Å². The Morgan fingerprint density at radius 2 is 1.95 bits per heavy atom. The molecule has 2 atom stereocenters.